The second kappa shape index (κ2) is 14.0. The topological polar surface area (TPSA) is 53.4 Å². The van der Waals surface area contributed by atoms with Gasteiger partial charge in [-0.05, 0) is 93.9 Å². The van der Waals surface area contributed by atoms with Crippen LogP contribution in [0.3, 0.4) is 0 Å². The third-order valence-electron chi connectivity index (χ3n) is 7.71. The molecule has 2 aromatic carbocycles. The van der Waals surface area contributed by atoms with Crippen LogP contribution in [-0.4, -0.2) is 65.8 Å². The van der Waals surface area contributed by atoms with Gasteiger partial charge >= 0.3 is 0 Å². The zero-order valence-corrected chi connectivity index (χ0v) is 24.5. The number of imidazole rings is 1. The zero-order chi connectivity index (χ0) is 27.8. The van der Waals surface area contributed by atoms with Gasteiger partial charge in [0.1, 0.15) is 7.85 Å². The van der Waals surface area contributed by atoms with E-state index in [1.807, 2.05) is 41.3 Å². The second-order valence-electron chi connectivity index (χ2n) is 12.0. The molecule has 6 nitrogen and oxygen atoms in total. The number of aryl methyl sites for hydroxylation is 1. The minimum absolute atomic E-state index is 0.118. The number of hydrogen-bond donors (Lipinski definition) is 1. The maximum absolute atomic E-state index is 13.7. The number of nitrogens with one attached hydrogen (secondary N) is 1. The van der Waals surface area contributed by atoms with Crippen molar-refractivity contribution in [2.75, 3.05) is 38.0 Å². The van der Waals surface area contributed by atoms with Gasteiger partial charge in [0.25, 0.3) is 5.91 Å². The highest BCUT2D eigenvalue weighted by molar-refractivity contribution is 6.32. The number of amides is 1. The van der Waals surface area contributed by atoms with E-state index in [2.05, 4.69) is 48.5 Å². The van der Waals surface area contributed by atoms with Gasteiger partial charge in [-0.15, -0.1) is 0 Å². The Bertz CT molecular complexity index is 1190. The lowest BCUT2D eigenvalue weighted by atomic mass is 9.96. The Morgan fingerprint density at radius 1 is 0.949 bits per heavy atom. The number of fused-ring (bicyclic) bond motifs is 1. The Morgan fingerprint density at radius 2 is 1.62 bits per heavy atom. The molecule has 1 aliphatic rings. The van der Waals surface area contributed by atoms with Gasteiger partial charge in [0, 0.05) is 30.9 Å². The highest BCUT2D eigenvalue weighted by Crippen LogP contribution is 2.25. The van der Waals surface area contributed by atoms with Crippen molar-refractivity contribution in [3.63, 3.8) is 0 Å². The minimum Gasteiger partial charge on any atom is -0.339 e. The lowest BCUT2D eigenvalue weighted by Gasteiger charge is -2.26. The van der Waals surface area contributed by atoms with E-state index in [4.69, 9.17) is 12.8 Å². The van der Waals surface area contributed by atoms with Gasteiger partial charge in [-0.2, -0.15) is 0 Å². The molecule has 0 aliphatic carbocycles. The van der Waals surface area contributed by atoms with Gasteiger partial charge in [-0.25, -0.2) is 4.98 Å². The van der Waals surface area contributed by atoms with Gasteiger partial charge in [0.2, 0.25) is 5.95 Å². The summed E-state index contributed by atoms with van der Waals surface area (Å²) in [4.78, 5) is 23.3. The third-order valence-corrected chi connectivity index (χ3v) is 7.71. The Kier molecular flexibility index (Phi) is 10.5. The summed E-state index contributed by atoms with van der Waals surface area (Å²) >= 11 is 0. The highest BCUT2D eigenvalue weighted by atomic mass is 16.2. The summed E-state index contributed by atoms with van der Waals surface area (Å²) in [6.07, 6.45) is 7.00. The van der Waals surface area contributed by atoms with Crippen molar-refractivity contribution in [2.45, 2.75) is 72.8 Å². The number of piperidine rings is 1. The number of aromatic nitrogens is 2. The van der Waals surface area contributed by atoms with Crippen LogP contribution in [0.4, 0.5) is 11.6 Å². The standard InChI is InChI=1S/C32H46BN5O/c1-24(2)15-21-37(22-16-25(3)4)31(39)26-9-14-29-30(23-26)38(20-8-19-36-17-6-5-7-18-36)32(35-29)34-28-12-10-27(33)11-13-28/h9-14,23-25H,5-8,15-22H2,1-4H3,(H,34,35). The van der Waals surface area contributed by atoms with Crippen LogP contribution in [0.25, 0.3) is 11.0 Å². The van der Waals surface area contributed by atoms with Gasteiger partial charge < -0.3 is 19.7 Å². The molecule has 39 heavy (non-hydrogen) atoms. The minimum atomic E-state index is 0.118. The summed E-state index contributed by atoms with van der Waals surface area (Å²) in [7, 11) is 5.90. The summed E-state index contributed by atoms with van der Waals surface area (Å²) in [5, 5.41) is 3.50. The van der Waals surface area contributed by atoms with E-state index >= 15 is 0 Å². The smallest absolute Gasteiger partial charge is 0.253 e. The normalized spacial score (nSPS) is 14.4. The van der Waals surface area contributed by atoms with Crippen molar-refractivity contribution in [1.82, 2.24) is 19.4 Å². The third kappa shape index (κ3) is 8.34. The Hall–Kier alpha value is -2.80. The first-order valence-electron chi connectivity index (χ1n) is 14.9. The molecule has 7 heteroatoms. The van der Waals surface area contributed by atoms with E-state index in [0.717, 1.165) is 79.1 Å². The fourth-order valence-corrected chi connectivity index (χ4v) is 5.23. The van der Waals surface area contributed by atoms with Crippen LogP contribution in [-0.2, 0) is 6.54 Å². The Labute approximate surface area is 236 Å². The van der Waals surface area contributed by atoms with Crippen LogP contribution in [0.5, 0.6) is 0 Å². The zero-order valence-electron chi connectivity index (χ0n) is 24.5. The average Bonchev–Trinajstić information content (AvgIpc) is 3.26. The molecule has 208 valence electrons. The molecule has 0 bridgehead atoms. The van der Waals surface area contributed by atoms with Gasteiger partial charge in [0.15, 0.2) is 0 Å². The number of carbonyl (C=O) groups excluding carboxylic acids is 1. The molecule has 1 N–H and O–H groups in total. The molecule has 1 aromatic heterocycles. The first-order chi connectivity index (χ1) is 18.8. The molecule has 2 radical (unpaired) electrons. The highest BCUT2D eigenvalue weighted by Gasteiger charge is 2.20. The van der Waals surface area contributed by atoms with Crippen LogP contribution in [0.2, 0.25) is 0 Å². The monoisotopic (exact) mass is 527 g/mol. The Balaban J connectivity index is 1.61. The maximum atomic E-state index is 13.7. The van der Waals surface area contributed by atoms with Crippen molar-refractivity contribution in [1.29, 1.82) is 0 Å². The van der Waals surface area contributed by atoms with E-state index in [-0.39, 0.29) is 5.91 Å². The van der Waals surface area contributed by atoms with Crippen molar-refractivity contribution < 1.29 is 4.79 Å². The predicted molar refractivity (Wildman–Crippen MR) is 165 cm³/mol. The van der Waals surface area contributed by atoms with E-state index in [9.17, 15) is 4.79 Å². The van der Waals surface area contributed by atoms with Crippen LogP contribution < -0.4 is 10.8 Å². The largest absolute Gasteiger partial charge is 0.339 e. The molecule has 0 unspecified atom stereocenters. The van der Waals surface area contributed by atoms with Crippen LogP contribution in [0, 0.1) is 11.8 Å². The lowest BCUT2D eigenvalue weighted by Crippen LogP contribution is -2.34. The number of anilines is 2. The van der Waals surface area contributed by atoms with Crippen molar-refractivity contribution in [2.24, 2.45) is 11.8 Å². The first kappa shape index (κ1) is 29.2. The van der Waals surface area contributed by atoms with E-state index in [1.54, 1.807) is 0 Å². The number of likely N-dealkylation sites (tertiary alicyclic amines) is 1. The van der Waals surface area contributed by atoms with Gasteiger partial charge in [-0.1, -0.05) is 51.7 Å². The van der Waals surface area contributed by atoms with E-state index in [0.29, 0.717) is 11.8 Å². The molecule has 3 aromatic rings. The number of carbonyl (C=O) groups is 1. The fraction of sp³-hybridized carbons (Fsp3) is 0.562. The molecule has 1 amide bonds. The molecule has 0 saturated carbocycles. The molecule has 1 saturated heterocycles. The maximum Gasteiger partial charge on any atom is 0.253 e. The van der Waals surface area contributed by atoms with E-state index in [1.165, 1.54) is 32.4 Å². The number of rotatable bonds is 13. The van der Waals surface area contributed by atoms with Crippen molar-refractivity contribution in [3.8, 4) is 0 Å². The molecule has 2 heterocycles. The Morgan fingerprint density at radius 3 is 2.26 bits per heavy atom. The molecular formula is C32H46BN5O. The average molecular weight is 528 g/mol. The molecule has 1 fully saturated rings. The van der Waals surface area contributed by atoms with Crippen LogP contribution in [0.1, 0.15) is 76.6 Å². The van der Waals surface area contributed by atoms with Crippen LogP contribution in [0.15, 0.2) is 42.5 Å². The van der Waals surface area contributed by atoms with Crippen LogP contribution >= 0.6 is 0 Å². The quantitative estimate of drug-likeness (QED) is 0.278. The van der Waals surface area contributed by atoms with Gasteiger partial charge in [-0.3, -0.25) is 4.79 Å². The molecule has 1 aliphatic heterocycles. The summed E-state index contributed by atoms with van der Waals surface area (Å²) in [6.45, 7) is 14.8. The molecule has 0 spiro atoms. The molecule has 0 atom stereocenters. The predicted octanol–water partition coefficient (Wildman–Crippen LogP) is 5.98. The van der Waals surface area contributed by atoms with E-state index < -0.39 is 0 Å². The summed E-state index contributed by atoms with van der Waals surface area (Å²) in [6, 6.07) is 13.7. The molecule has 4 rings (SSSR count). The van der Waals surface area contributed by atoms with Crippen molar-refractivity contribution >= 4 is 41.9 Å². The second-order valence-corrected chi connectivity index (χ2v) is 12.0. The summed E-state index contributed by atoms with van der Waals surface area (Å²) in [5.74, 6) is 2.04. The number of hydrogen-bond acceptors (Lipinski definition) is 4. The van der Waals surface area contributed by atoms with Gasteiger partial charge in [0.05, 0.1) is 11.0 Å². The number of nitrogens with zero attached hydrogens (tertiary/aromatic N) is 4. The summed E-state index contributed by atoms with van der Waals surface area (Å²) in [5.41, 5.74) is 4.33. The van der Waals surface area contributed by atoms with Crippen molar-refractivity contribution in [3.05, 3.63) is 48.0 Å². The molecular weight excluding hydrogens is 481 g/mol. The summed E-state index contributed by atoms with van der Waals surface area (Å²) < 4.78 is 2.25. The number of benzene rings is 2. The fourth-order valence-electron chi connectivity index (χ4n) is 5.23. The SMILES string of the molecule is [B]c1ccc(Nc2nc3ccc(C(=O)N(CCC(C)C)CCC(C)C)cc3n2CCCN2CCCCC2)cc1. The lowest BCUT2D eigenvalue weighted by molar-refractivity contribution is 0.0741. The first-order valence-corrected chi connectivity index (χ1v) is 14.9.